The van der Waals surface area contributed by atoms with Crippen LogP contribution in [-0.2, 0) is 0 Å². The summed E-state index contributed by atoms with van der Waals surface area (Å²) in [5, 5.41) is 19.3. The van der Waals surface area contributed by atoms with Crippen LogP contribution in [0.25, 0.3) is 11.1 Å². The highest BCUT2D eigenvalue weighted by molar-refractivity contribution is 5.74. The summed E-state index contributed by atoms with van der Waals surface area (Å²) >= 11 is 0. The Hall–Kier alpha value is -1.96. The highest BCUT2D eigenvalue weighted by atomic mass is 16.3. The van der Waals surface area contributed by atoms with E-state index in [1.54, 1.807) is 18.2 Å². The Balaban J connectivity index is 2.66. The predicted octanol–water partition coefficient (Wildman–Crippen LogP) is 3.38. The third-order valence-electron chi connectivity index (χ3n) is 2.66. The zero-order valence-electron chi connectivity index (χ0n) is 9.36. The second kappa shape index (κ2) is 3.89. The first-order valence-corrected chi connectivity index (χ1v) is 5.17. The van der Waals surface area contributed by atoms with Crippen molar-refractivity contribution in [3.8, 4) is 22.6 Å². The minimum absolute atomic E-state index is 0.210. The second-order valence-corrected chi connectivity index (χ2v) is 4.02. The van der Waals surface area contributed by atoms with Crippen LogP contribution in [0.1, 0.15) is 11.1 Å². The number of aryl methyl sites for hydroxylation is 2. The molecule has 2 N–H and O–H groups in total. The van der Waals surface area contributed by atoms with Crippen LogP contribution in [0.5, 0.6) is 11.5 Å². The standard InChI is InChI=1S/C14H14O2/c1-9-3-6-14(16)13(7-9)12-8-11(15)5-4-10(12)2/h3-8,15-16H,1-2H3. The van der Waals surface area contributed by atoms with Gasteiger partial charge >= 0.3 is 0 Å². The number of benzene rings is 2. The number of phenols is 2. The molecule has 0 aliphatic heterocycles. The van der Waals surface area contributed by atoms with Crippen molar-refractivity contribution < 1.29 is 10.2 Å². The van der Waals surface area contributed by atoms with Crippen molar-refractivity contribution in [2.24, 2.45) is 0 Å². The maximum Gasteiger partial charge on any atom is 0.123 e. The van der Waals surface area contributed by atoms with Gasteiger partial charge in [0.05, 0.1) is 0 Å². The van der Waals surface area contributed by atoms with E-state index in [0.29, 0.717) is 0 Å². The van der Waals surface area contributed by atoms with Gasteiger partial charge in [-0.25, -0.2) is 0 Å². The number of aromatic hydroxyl groups is 2. The number of rotatable bonds is 1. The van der Waals surface area contributed by atoms with Gasteiger partial charge in [-0.2, -0.15) is 0 Å². The van der Waals surface area contributed by atoms with Gasteiger partial charge in [0.15, 0.2) is 0 Å². The van der Waals surface area contributed by atoms with E-state index in [4.69, 9.17) is 0 Å². The molecular formula is C14H14O2. The zero-order chi connectivity index (χ0) is 11.7. The Kier molecular flexibility index (Phi) is 2.57. The molecule has 0 fully saturated rings. The van der Waals surface area contributed by atoms with E-state index in [0.717, 1.165) is 22.3 Å². The van der Waals surface area contributed by atoms with Crippen LogP contribution < -0.4 is 0 Å². The molecule has 2 nitrogen and oxygen atoms in total. The molecule has 0 unspecified atom stereocenters. The first kappa shape index (κ1) is 10.6. The van der Waals surface area contributed by atoms with Crippen molar-refractivity contribution in [1.82, 2.24) is 0 Å². The lowest BCUT2D eigenvalue weighted by atomic mass is 9.98. The van der Waals surface area contributed by atoms with Gasteiger partial charge in [-0.15, -0.1) is 0 Å². The van der Waals surface area contributed by atoms with Gasteiger partial charge in [-0.1, -0.05) is 17.7 Å². The molecule has 0 bridgehead atoms. The van der Waals surface area contributed by atoms with Crippen LogP contribution in [0, 0.1) is 13.8 Å². The average molecular weight is 214 g/mol. The van der Waals surface area contributed by atoms with Crippen LogP contribution in [0.2, 0.25) is 0 Å². The number of phenolic OH excluding ortho intramolecular Hbond substituents is 2. The zero-order valence-corrected chi connectivity index (χ0v) is 9.36. The Morgan fingerprint density at radius 3 is 2.31 bits per heavy atom. The number of hydrogen-bond acceptors (Lipinski definition) is 2. The van der Waals surface area contributed by atoms with Crippen molar-refractivity contribution in [3.63, 3.8) is 0 Å². The summed E-state index contributed by atoms with van der Waals surface area (Å²) < 4.78 is 0. The SMILES string of the molecule is Cc1ccc(O)c(-c2cc(O)ccc2C)c1. The lowest BCUT2D eigenvalue weighted by molar-refractivity contribution is 0.474. The summed E-state index contributed by atoms with van der Waals surface area (Å²) in [6, 6.07) is 10.6. The normalized spacial score (nSPS) is 10.4. The smallest absolute Gasteiger partial charge is 0.123 e. The molecule has 0 saturated heterocycles. The first-order chi connectivity index (χ1) is 7.58. The molecule has 0 aliphatic rings. The molecule has 0 spiro atoms. The van der Waals surface area contributed by atoms with E-state index in [1.165, 1.54) is 0 Å². The molecular weight excluding hydrogens is 200 g/mol. The van der Waals surface area contributed by atoms with Crippen molar-refractivity contribution in [2.75, 3.05) is 0 Å². The van der Waals surface area contributed by atoms with Crippen molar-refractivity contribution in [3.05, 3.63) is 47.5 Å². The molecule has 0 aliphatic carbocycles. The Bertz CT molecular complexity index is 481. The summed E-state index contributed by atoms with van der Waals surface area (Å²) in [6.45, 7) is 3.93. The van der Waals surface area contributed by atoms with E-state index >= 15 is 0 Å². The maximum absolute atomic E-state index is 9.82. The molecule has 2 rings (SSSR count). The van der Waals surface area contributed by atoms with Crippen molar-refractivity contribution in [1.29, 1.82) is 0 Å². The molecule has 0 saturated carbocycles. The fraction of sp³-hybridized carbons (Fsp3) is 0.143. The monoisotopic (exact) mass is 214 g/mol. The highest BCUT2D eigenvalue weighted by Crippen LogP contribution is 2.34. The topological polar surface area (TPSA) is 40.5 Å². The number of hydrogen-bond donors (Lipinski definition) is 2. The minimum Gasteiger partial charge on any atom is -0.508 e. The molecule has 0 heterocycles. The largest absolute Gasteiger partial charge is 0.508 e. The van der Waals surface area contributed by atoms with Gasteiger partial charge in [0.2, 0.25) is 0 Å². The van der Waals surface area contributed by atoms with Gasteiger partial charge in [0.25, 0.3) is 0 Å². The summed E-state index contributed by atoms with van der Waals surface area (Å²) in [7, 11) is 0. The third-order valence-corrected chi connectivity index (χ3v) is 2.66. The summed E-state index contributed by atoms with van der Waals surface area (Å²) in [5.41, 5.74) is 3.73. The first-order valence-electron chi connectivity index (χ1n) is 5.17. The predicted molar refractivity (Wildman–Crippen MR) is 64.7 cm³/mol. The summed E-state index contributed by atoms with van der Waals surface area (Å²) in [6.07, 6.45) is 0. The Morgan fingerprint density at radius 2 is 1.56 bits per heavy atom. The second-order valence-electron chi connectivity index (χ2n) is 4.02. The fourth-order valence-corrected chi connectivity index (χ4v) is 1.77. The fourth-order valence-electron chi connectivity index (χ4n) is 1.77. The molecule has 0 radical (unpaired) electrons. The molecule has 16 heavy (non-hydrogen) atoms. The molecule has 82 valence electrons. The highest BCUT2D eigenvalue weighted by Gasteiger charge is 2.08. The van der Waals surface area contributed by atoms with Crippen LogP contribution in [0.3, 0.4) is 0 Å². The Labute approximate surface area is 94.8 Å². The molecule has 2 heteroatoms. The van der Waals surface area contributed by atoms with Gasteiger partial charge in [0.1, 0.15) is 11.5 Å². The van der Waals surface area contributed by atoms with Gasteiger partial charge in [-0.05, 0) is 49.2 Å². The minimum atomic E-state index is 0.210. The lowest BCUT2D eigenvalue weighted by Crippen LogP contribution is -1.85. The van der Waals surface area contributed by atoms with Gasteiger partial charge < -0.3 is 10.2 Å². The maximum atomic E-state index is 9.82. The van der Waals surface area contributed by atoms with Gasteiger partial charge in [-0.3, -0.25) is 0 Å². The van der Waals surface area contributed by atoms with Crippen LogP contribution in [-0.4, -0.2) is 10.2 Å². The van der Waals surface area contributed by atoms with E-state index < -0.39 is 0 Å². The third kappa shape index (κ3) is 1.87. The molecule has 0 atom stereocenters. The molecule has 2 aromatic carbocycles. The van der Waals surface area contributed by atoms with Crippen molar-refractivity contribution in [2.45, 2.75) is 13.8 Å². The summed E-state index contributed by atoms with van der Waals surface area (Å²) in [4.78, 5) is 0. The molecule has 2 aromatic rings. The molecule has 0 aromatic heterocycles. The Morgan fingerprint density at radius 1 is 0.812 bits per heavy atom. The van der Waals surface area contributed by atoms with Crippen LogP contribution in [0.4, 0.5) is 0 Å². The molecule has 0 amide bonds. The van der Waals surface area contributed by atoms with E-state index in [9.17, 15) is 10.2 Å². The van der Waals surface area contributed by atoms with Crippen molar-refractivity contribution >= 4 is 0 Å². The van der Waals surface area contributed by atoms with Gasteiger partial charge in [0, 0.05) is 5.56 Å². The average Bonchev–Trinajstić information content (AvgIpc) is 2.25. The van der Waals surface area contributed by atoms with E-state index in [2.05, 4.69) is 0 Å². The van der Waals surface area contributed by atoms with Crippen LogP contribution >= 0.6 is 0 Å². The van der Waals surface area contributed by atoms with E-state index in [1.807, 2.05) is 32.0 Å². The van der Waals surface area contributed by atoms with E-state index in [-0.39, 0.29) is 11.5 Å². The van der Waals surface area contributed by atoms with Crippen LogP contribution in [0.15, 0.2) is 36.4 Å². The summed E-state index contributed by atoms with van der Waals surface area (Å²) in [5.74, 6) is 0.445. The lowest BCUT2D eigenvalue weighted by Gasteiger charge is -2.09. The quantitative estimate of drug-likeness (QED) is 0.764.